The smallest absolute Gasteiger partial charge is 0.144 e. The zero-order chi connectivity index (χ0) is 13.8. The van der Waals surface area contributed by atoms with Gasteiger partial charge in [0.05, 0.1) is 24.7 Å². The fraction of sp³-hybridized carbons (Fsp3) is 0.733. The maximum Gasteiger partial charge on any atom is 0.144 e. The molecule has 19 heavy (non-hydrogen) atoms. The fourth-order valence-electron chi connectivity index (χ4n) is 1.76. The minimum Gasteiger partial charge on any atom is -0.375 e. The number of nitrogens with zero attached hydrogens (tertiary/aromatic N) is 2. The van der Waals surface area contributed by atoms with Crippen LogP contribution in [0.5, 0.6) is 0 Å². The van der Waals surface area contributed by atoms with Crippen molar-refractivity contribution in [3.63, 3.8) is 0 Å². The second kappa shape index (κ2) is 10.7. The van der Waals surface area contributed by atoms with Gasteiger partial charge in [-0.05, 0) is 12.8 Å². The van der Waals surface area contributed by atoms with E-state index >= 15 is 0 Å². The number of nitrogens with one attached hydrogen (secondary N) is 1. The first-order valence-electron chi connectivity index (χ1n) is 7.49. The minimum absolute atomic E-state index is 0.564. The van der Waals surface area contributed by atoms with Crippen LogP contribution in [0.15, 0.2) is 12.4 Å². The number of anilines is 1. The zero-order valence-corrected chi connectivity index (χ0v) is 12.3. The standard InChI is InChI=1S/C15H27N3O/c1-3-5-6-7-8-10-19-13-14-11-18-15(12-17-14)16-9-4-2/h11-12H,3-10,13H2,1-2H3,(H,16,18). The summed E-state index contributed by atoms with van der Waals surface area (Å²) < 4.78 is 5.60. The molecule has 108 valence electrons. The van der Waals surface area contributed by atoms with Gasteiger partial charge in [0.25, 0.3) is 0 Å². The van der Waals surface area contributed by atoms with E-state index in [0.29, 0.717) is 6.61 Å². The molecule has 0 amide bonds. The second-order valence-electron chi connectivity index (χ2n) is 4.79. The number of rotatable bonds is 11. The molecular weight excluding hydrogens is 238 g/mol. The Morgan fingerprint density at radius 3 is 2.53 bits per heavy atom. The molecular formula is C15H27N3O. The molecule has 1 aromatic rings. The molecule has 0 spiro atoms. The summed E-state index contributed by atoms with van der Waals surface area (Å²) in [5.41, 5.74) is 0.899. The van der Waals surface area contributed by atoms with Crippen LogP contribution in [-0.2, 0) is 11.3 Å². The first-order valence-corrected chi connectivity index (χ1v) is 7.49. The number of unbranched alkanes of at least 4 members (excludes halogenated alkanes) is 4. The van der Waals surface area contributed by atoms with Crippen LogP contribution in [0.3, 0.4) is 0 Å². The average Bonchev–Trinajstić information content (AvgIpc) is 2.45. The van der Waals surface area contributed by atoms with Gasteiger partial charge in [-0.2, -0.15) is 0 Å². The summed E-state index contributed by atoms with van der Waals surface area (Å²) in [6, 6.07) is 0. The van der Waals surface area contributed by atoms with Crippen LogP contribution in [0.4, 0.5) is 5.82 Å². The number of hydrogen-bond acceptors (Lipinski definition) is 4. The van der Waals surface area contributed by atoms with Crippen LogP contribution in [0, 0.1) is 0 Å². The number of hydrogen-bond donors (Lipinski definition) is 1. The Labute approximate surface area is 117 Å². The SMILES string of the molecule is CCCCCCCOCc1cnc(NCCC)cn1. The van der Waals surface area contributed by atoms with Crippen molar-refractivity contribution < 1.29 is 4.74 Å². The molecule has 0 atom stereocenters. The van der Waals surface area contributed by atoms with E-state index in [1.54, 1.807) is 12.4 Å². The molecule has 0 aromatic carbocycles. The van der Waals surface area contributed by atoms with Crippen LogP contribution in [0.25, 0.3) is 0 Å². The summed E-state index contributed by atoms with van der Waals surface area (Å²) >= 11 is 0. The summed E-state index contributed by atoms with van der Waals surface area (Å²) in [6.07, 6.45) is 11.0. The highest BCUT2D eigenvalue weighted by Gasteiger charge is 1.97. The molecule has 0 aliphatic heterocycles. The van der Waals surface area contributed by atoms with Crippen LogP contribution in [-0.4, -0.2) is 23.1 Å². The highest BCUT2D eigenvalue weighted by molar-refractivity contribution is 5.30. The Morgan fingerprint density at radius 1 is 1.00 bits per heavy atom. The molecule has 1 aromatic heterocycles. The molecule has 0 saturated heterocycles. The maximum absolute atomic E-state index is 5.60. The van der Waals surface area contributed by atoms with Crippen LogP contribution in [0.2, 0.25) is 0 Å². The zero-order valence-electron chi connectivity index (χ0n) is 12.3. The van der Waals surface area contributed by atoms with Gasteiger partial charge in [0.1, 0.15) is 5.82 Å². The summed E-state index contributed by atoms with van der Waals surface area (Å²) in [5.74, 6) is 0.838. The molecule has 0 unspecified atom stereocenters. The highest BCUT2D eigenvalue weighted by atomic mass is 16.5. The topological polar surface area (TPSA) is 47.0 Å². The van der Waals surface area contributed by atoms with E-state index in [1.165, 1.54) is 25.7 Å². The van der Waals surface area contributed by atoms with Gasteiger partial charge in [-0.25, -0.2) is 4.98 Å². The normalized spacial score (nSPS) is 10.6. The molecule has 0 aliphatic rings. The predicted octanol–water partition coefficient (Wildman–Crippen LogP) is 3.79. The molecule has 1 rings (SSSR count). The third-order valence-electron chi connectivity index (χ3n) is 2.90. The summed E-state index contributed by atoms with van der Waals surface area (Å²) in [6.45, 7) is 6.68. The van der Waals surface area contributed by atoms with E-state index in [9.17, 15) is 0 Å². The first-order chi connectivity index (χ1) is 9.36. The van der Waals surface area contributed by atoms with Gasteiger partial charge in [0, 0.05) is 13.2 Å². The molecule has 1 heterocycles. The molecule has 0 bridgehead atoms. The predicted molar refractivity (Wildman–Crippen MR) is 79.2 cm³/mol. The highest BCUT2D eigenvalue weighted by Crippen LogP contribution is 2.05. The van der Waals surface area contributed by atoms with E-state index in [-0.39, 0.29) is 0 Å². The quantitative estimate of drug-likeness (QED) is 0.618. The van der Waals surface area contributed by atoms with Gasteiger partial charge < -0.3 is 10.1 Å². The molecule has 0 saturated carbocycles. The van der Waals surface area contributed by atoms with Crippen molar-refractivity contribution >= 4 is 5.82 Å². The molecule has 1 N–H and O–H groups in total. The van der Waals surface area contributed by atoms with Crippen molar-refractivity contribution in [2.45, 2.75) is 59.0 Å². The summed E-state index contributed by atoms with van der Waals surface area (Å²) in [7, 11) is 0. The van der Waals surface area contributed by atoms with Crippen molar-refractivity contribution in [3.8, 4) is 0 Å². The van der Waals surface area contributed by atoms with Crippen molar-refractivity contribution in [2.75, 3.05) is 18.5 Å². The van der Waals surface area contributed by atoms with Gasteiger partial charge in [-0.1, -0.05) is 39.5 Å². The van der Waals surface area contributed by atoms with Crippen molar-refractivity contribution in [1.82, 2.24) is 9.97 Å². The maximum atomic E-state index is 5.60. The largest absolute Gasteiger partial charge is 0.375 e. The van der Waals surface area contributed by atoms with Gasteiger partial charge in [0.15, 0.2) is 0 Å². The van der Waals surface area contributed by atoms with Gasteiger partial charge in [0.2, 0.25) is 0 Å². The molecule has 0 radical (unpaired) electrons. The van der Waals surface area contributed by atoms with E-state index in [0.717, 1.165) is 37.5 Å². The van der Waals surface area contributed by atoms with Crippen LogP contribution in [0.1, 0.15) is 58.1 Å². The lowest BCUT2D eigenvalue weighted by molar-refractivity contribution is 0.114. The Morgan fingerprint density at radius 2 is 1.84 bits per heavy atom. The third-order valence-corrected chi connectivity index (χ3v) is 2.90. The van der Waals surface area contributed by atoms with Gasteiger partial charge in [-0.15, -0.1) is 0 Å². The third kappa shape index (κ3) is 7.78. The second-order valence-corrected chi connectivity index (χ2v) is 4.79. The van der Waals surface area contributed by atoms with Crippen molar-refractivity contribution in [2.24, 2.45) is 0 Å². The molecule has 4 nitrogen and oxygen atoms in total. The lowest BCUT2D eigenvalue weighted by atomic mass is 10.2. The Kier molecular flexibility index (Phi) is 8.98. The Hall–Kier alpha value is -1.16. The van der Waals surface area contributed by atoms with Gasteiger partial charge in [-0.3, -0.25) is 4.98 Å². The van der Waals surface area contributed by atoms with Gasteiger partial charge >= 0.3 is 0 Å². The average molecular weight is 265 g/mol. The van der Waals surface area contributed by atoms with E-state index in [1.807, 2.05) is 0 Å². The number of ether oxygens (including phenoxy) is 1. The molecule has 0 aliphatic carbocycles. The van der Waals surface area contributed by atoms with Crippen LogP contribution < -0.4 is 5.32 Å². The minimum atomic E-state index is 0.564. The number of aromatic nitrogens is 2. The monoisotopic (exact) mass is 265 g/mol. The lowest BCUT2D eigenvalue weighted by Crippen LogP contribution is -2.04. The van der Waals surface area contributed by atoms with Crippen molar-refractivity contribution in [3.05, 3.63) is 18.1 Å². The van der Waals surface area contributed by atoms with Crippen molar-refractivity contribution in [1.29, 1.82) is 0 Å². The molecule has 4 heteroatoms. The van der Waals surface area contributed by atoms with Crippen LogP contribution >= 0.6 is 0 Å². The summed E-state index contributed by atoms with van der Waals surface area (Å²) in [4.78, 5) is 8.63. The fourth-order valence-corrected chi connectivity index (χ4v) is 1.76. The van der Waals surface area contributed by atoms with E-state index in [2.05, 4.69) is 29.1 Å². The lowest BCUT2D eigenvalue weighted by Gasteiger charge is -2.05. The van der Waals surface area contributed by atoms with E-state index < -0.39 is 0 Å². The molecule has 0 fully saturated rings. The van der Waals surface area contributed by atoms with E-state index in [4.69, 9.17) is 4.74 Å². The summed E-state index contributed by atoms with van der Waals surface area (Å²) in [5, 5.41) is 3.20. The Bertz CT molecular complexity index is 314. The Balaban J connectivity index is 2.09. The first kappa shape index (κ1) is 15.9.